The third kappa shape index (κ3) is 2.19. The van der Waals surface area contributed by atoms with E-state index >= 15 is 0 Å². The second kappa shape index (κ2) is 4.95. The van der Waals surface area contributed by atoms with E-state index in [1.54, 1.807) is 0 Å². The first kappa shape index (κ1) is 11.5. The Morgan fingerprint density at radius 2 is 1.61 bits per heavy atom. The van der Waals surface area contributed by atoms with Gasteiger partial charge in [-0.15, -0.1) is 0 Å². The van der Waals surface area contributed by atoms with E-state index in [4.69, 9.17) is 5.73 Å². The third-order valence-corrected chi connectivity index (χ3v) is 3.96. The highest BCUT2D eigenvalue weighted by molar-refractivity contribution is 5.39. The summed E-state index contributed by atoms with van der Waals surface area (Å²) in [6.45, 7) is 0. The van der Waals surface area contributed by atoms with E-state index < -0.39 is 0 Å². The normalized spacial score (nSPS) is 23.2. The standard InChI is InChI=1S/C17H19N/c18-15-11-10-14-8-4-5-9-16(14)17(12-15)13-6-2-1-3-7-13/h1-9,15,17H,10-12,18H2. The summed E-state index contributed by atoms with van der Waals surface area (Å²) in [5.41, 5.74) is 10.6. The Balaban J connectivity index is 2.07. The van der Waals surface area contributed by atoms with Gasteiger partial charge < -0.3 is 5.73 Å². The number of fused-ring (bicyclic) bond motifs is 1. The third-order valence-electron chi connectivity index (χ3n) is 3.96. The lowest BCUT2D eigenvalue weighted by molar-refractivity contribution is 0.557. The van der Waals surface area contributed by atoms with E-state index in [0.29, 0.717) is 12.0 Å². The van der Waals surface area contributed by atoms with E-state index in [0.717, 1.165) is 19.3 Å². The molecule has 1 heteroatoms. The molecule has 2 atom stereocenters. The summed E-state index contributed by atoms with van der Waals surface area (Å²) in [6, 6.07) is 19.9. The molecule has 0 saturated carbocycles. The predicted octanol–water partition coefficient (Wildman–Crippen LogP) is 3.48. The molecule has 2 aromatic rings. The van der Waals surface area contributed by atoms with E-state index in [1.807, 2.05) is 0 Å². The molecule has 0 saturated heterocycles. The molecular formula is C17H19N. The summed E-state index contributed by atoms with van der Waals surface area (Å²) in [5.74, 6) is 0.458. The van der Waals surface area contributed by atoms with Crippen LogP contribution in [0, 0.1) is 0 Å². The van der Waals surface area contributed by atoms with E-state index in [1.165, 1.54) is 16.7 Å². The van der Waals surface area contributed by atoms with Gasteiger partial charge in [0.2, 0.25) is 0 Å². The Morgan fingerprint density at radius 3 is 2.44 bits per heavy atom. The number of rotatable bonds is 1. The summed E-state index contributed by atoms with van der Waals surface area (Å²) in [7, 11) is 0. The van der Waals surface area contributed by atoms with Crippen LogP contribution in [-0.4, -0.2) is 6.04 Å². The van der Waals surface area contributed by atoms with Gasteiger partial charge in [0.25, 0.3) is 0 Å². The van der Waals surface area contributed by atoms with Gasteiger partial charge in [-0.25, -0.2) is 0 Å². The molecule has 1 aliphatic rings. The van der Waals surface area contributed by atoms with Gasteiger partial charge in [-0.2, -0.15) is 0 Å². The van der Waals surface area contributed by atoms with Gasteiger partial charge in [0.1, 0.15) is 0 Å². The van der Waals surface area contributed by atoms with Crippen LogP contribution in [0.15, 0.2) is 54.6 Å². The molecule has 0 aromatic heterocycles. The quantitative estimate of drug-likeness (QED) is 0.755. The van der Waals surface area contributed by atoms with Crippen LogP contribution in [0.1, 0.15) is 35.4 Å². The Morgan fingerprint density at radius 1 is 0.889 bits per heavy atom. The highest BCUT2D eigenvalue weighted by atomic mass is 14.6. The monoisotopic (exact) mass is 237 g/mol. The molecule has 2 N–H and O–H groups in total. The van der Waals surface area contributed by atoms with Crippen LogP contribution in [0.4, 0.5) is 0 Å². The zero-order chi connectivity index (χ0) is 12.4. The van der Waals surface area contributed by atoms with Crippen molar-refractivity contribution in [1.82, 2.24) is 0 Å². The van der Waals surface area contributed by atoms with Crippen LogP contribution in [0.5, 0.6) is 0 Å². The lowest BCUT2D eigenvalue weighted by atomic mass is 9.86. The van der Waals surface area contributed by atoms with Crippen molar-refractivity contribution in [3.63, 3.8) is 0 Å². The number of benzene rings is 2. The number of aryl methyl sites for hydroxylation is 1. The number of hydrogen-bond donors (Lipinski definition) is 1. The van der Waals surface area contributed by atoms with Crippen molar-refractivity contribution in [2.24, 2.45) is 5.73 Å². The number of hydrogen-bond acceptors (Lipinski definition) is 1. The van der Waals surface area contributed by atoms with Crippen molar-refractivity contribution in [2.45, 2.75) is 31.2 Å². The van der Waals surface area contributed by atoms with Crippen LogP contribution >= 0.6 is 0 Å². The van der Waals surface area contributed by atoms with Gasteiger partial charge in [0.05, 0.1) is 0 Å². The summed E-state index contributed by atoms with van der Waals surface area (Å²) in [4.78, 5) is 0. The second-order valence-electron chi connectivity index (χ2n) is 5.20. The molecule has 3 rings (SSSR count). The lowest BCUT2D eigenvalue weighted by Gasteiger charge is -2.20. The van der Waals surface area contributed by atoms with Crippen molar-refractivity contribution >= 4 is 0 Å². The summed E-state index contributed by atoms with van der Waals surface area (Å²) in [5, 5.41) is 0. The van der Waals surface area contributed by atoms with Gasteiger partial charge in [0.15, 0.2) is 0 Å². The van der Waals surface area contributed by atoms with Crippen LogP contribution < -0.4 is 5.73 Å². The molecule has 0 amide bonds. The molecule has 0 fully saturated rings. The predicted molar refractivity (Wildman–Crippen MR) is 75.6 cm³/mol. The number of nitrogens with two attached hydrogens (primary N) is 1. The maximum Gasteiger partial charge on any atom is 0.0107 e. The largest absolute Gasteiger partial charge is 0.328 e. The SMILES string of the molecule is NC1CCc2ccccc2C(c2ccccc2)C1. The maximum absolute atomic E-state index is 6.24. The molecule has 0 heterocycles. The molecule has 0 aliphatic heterocycles. The van der Waals surface area contributed by atoms with Gasteiger partial charge >= 0.3 is 0 Å². The van der Waals surface area contributed by atoms with E-state index in [9.17, 15) is 0 Å². The molecular weight excluding hydrogens is 218 g/mol. The van der Waals surface area contributed by atoms with Crippen molar-refractivity contribution in [1.29, 1.82) is 0 Å². The molecule has 1 nitrogen and oxygen atoms in total. The summed E-state index contributed by atoms with van der Waals surface area (Å²) in [6.07, 6.45) is 3.27. The van der Waals surface area contributed by atoms with Crippen LogP contribution in [0.25, 0.3) is 0 Å². The second-order valence-corrected chi connectivity index (χ2v) is 5.20. The minimum absolute atomic E-state index is 0.308. The van der Waals surface area contributed by atoms with Crippen molar-refractivity contribution < 1.29 is 0 Å². The zero-order valence-electron chi connectivity index (χ0n) is 10.5. The minimum atomic E-state index is 0.308. The Bertz CT molecular complexity index is 518. The molecule has 0 radical (unpaired) electrons. The van der Waals surface area contributed by atoms with Crippen LogP contribution in [-0.2, 0) is 6.42 Å². The molecule has 1 aliphatic carbocycles. The molecule has 2 aromatic carbocycles. The Kier molecular flexibility index (Phi) is 3.16. The highest BCUT2D eigenvalue weighted by Gasteiger charge is 2.23. The first-order valence-electron chi connectivity index (χ1n) is 6.73. The van der Waals surface area contributed by atoms with Gasteiger partial charge in [-0.05, 0) is 36.0 Å². The zero-order valence-corrected chi connectivity index (χ0v) is 10.5. The van der Waals surface area contributed by atoms with Crippen molar-refractivity contribution in [3.8, 4) is 0 Å². The molecule has 0 bridgehead atoms. The molecule has 92 valence electrons. The summed E-state index contributed by atoms with van der Waals surface area (Å²) < 4.78 is 0. The fourth-order valence-electron chi connectivity index (χ4n) is 2.99. The first-order valence-corrected chi connectivity index (χ1v) is 6.73. The lowest BCUT2D eigenvalue weighted by Crippen LogP contribution is -2.21. The van der Waals surface area contributed by atoms with Crippen molar-refractivity contribution in [3.05, 3.63) is 71.3 Å². The van der Waals surface area contributed by atoms with E-state index in [2.05, 4.69) is 54.6 Å². The van der Waals surface area contributed by atoms with Gasteiger partial charge in [-0.1, -0.05) is 54.6 Å². The summed E-state index contributed by atoms with van der Waals surface area (Å²) >= 11 is 0. The maximum atomic E-state index is 6.24. The Hall–Kier alpha value is -1.60. The Labute approximate surface area is 109 Å². The van der Waals surface area contributed by atoms with Crippen molar-refractivity contribution in [2.75, 3.05) is 0 Å². The fraction of sp³-hybridized carbons (Fsp3) is 0.294. The average Bonchev–Trinajstić information content (AvgIpc) is 2.60. The smallest absolute Gasteiger partial charge is 0.0107 e. The fourth-order valence-corrected chi connectivity index (χ4v) is 2.99. The molecule has 2 unspecified atom stereocenters. The van der Waals surface area contributed by atoms with E-state index in [-0.39, 0.29) is 0 Å². The average molecular weight is 237 g/mol. The van der Waals surface area contributed by atoms with Crippen LogP contribution in [0.3, 0.4) is 0 Å². The molecule has 18 heavy (non-hydrogen) atoms. The minimum Gasteiger partial charge on any atom is -0.328 e. The topological polar surface area (TPSA) is 26.0 Å². The first-order chi connectivity index (χ1) is 8.84. The molecule has 0 spiro atoms. The van der Waals surface area contributed by atoms with Crippen LogP contribution in [0.2, 0.25) is 0 Å². The highest BCUT2D eigenvalue weighted by Crippen LogP contribution is 2.34. The van der Waals surface area contributed by atoms with Gasteiger partial charge in [-0.3, -0.25) is 0 Å². The van der Waals surface area contributed by atoms with Gasteiger partial charge in [0, 0.05) is 12.0 Å².